The molecule has 2 N–H and O–H groups in total. The van der Waals surface area contributed by atoms with Crippen molar-refractivity contribution in [1.29, 1.82) is 0 Å². The summed E-state index contributed by atoms with van der Waals surface area (Å²) < 4.78 is 0. The first-order valence-corrected chi connectivity index (χ1v) is 12.5. The number of hydrogen-bond donors (Lipinski definition) is 2. The fourth-order valence-electron chi connectivity index (χ4n) is 4.83. The summed E-state index contributed by atoms with van der Waals surface area (Å²) in [5.74, 6) is 0.798. The lowest BCUT2D eigenvalue weighted by Crippen LogP contribution is -2.17. The third-order valence-electron chi connectivity index (χ3n) is 6.79. The number of aromatic hydroxyl groups is 2. The molecule has 0 spiro atoms. The number of allylic oxidation sites excluding steroid dienone is 8. The van der Waals surface area contributed by atoms with Crippen LogP contribution in [0.5, 0.6) is 11.5 Å². The van der Waals surface area contributed by atoms with Crippen molar-refractivity contribution in [2.75, 3.05) is 0 Å². The molecular formula is C30H34O2S. The molecule has 0 aliphatic heterocycles. The first-order chi connectivity index (χ1) is 15.7. The Morgan fingerprint density at radius 2 is 1.12 bits per heavy atom. The molecule has 0 bridgehead atoms. The number of phenolic OH excluding ortho intramolecular Hbond substituents is 2. The standard InChI is InChI=1S/C30H34O2S/c1-21-15-25(17-23(27(21)31)19-29(3)11-7-5-8-12-29)33-26-16-22(2)28(32)24(18-26)20-30(4)13-9-6-10-14-30/h5-11,13,15-18,31-32H,12,14,19-20H2,1-4H3. The van der Waals surface area contributed by atoms with E-state index in [9.17, 15) is 10.2 Å². The van der Waals surface area contributed by atoms with Crippen LogP contribution in [-0.4, -0.2) is 10.2 Å². The number of hydrogen-bond acceptors (Lipinski definition) is 3. The molecule has 0 radical (unpaired) electrons. The van der Waals surface area contributed by atoms with Crippen LogP contribution < -0.4 is 0 Å². The summed E-state index contributed by atoms with van der Waals surface area (Å²) in [7, 11) is 0. The molecule has 2 aliphatic rings. The minimum atomic E-state index is 0.0155. The van der Waals surface area contributed by atoms with Gasteiger partial charge >= 0.3 is 0 Å². The summed E-state index contributed by atoms with van der Waals surface area (Å²) in [6.07, 6.45) is 20.8. The van der Waals surface area contributed by atoms with E-state index in [0.29, 0.717) is 11.5 Å². The smallest absolute Gasteiger partial charge is 0.121 e. The summed E-state index contributed by atoms with van der Waals surface area (Å²) in [4.78, 5) is 2.23. The Balaban J connectivity index is 1.61. The molecule has 0 aromatic heterocycles. The normalized spacial score (nSPS) is 23.9. The second-order valence-electron chi connectivity index (χ2n) is 10.2. The van der Waals surface area contributed by atoms with E-state index in [1.165, 1.54) is 0 Å². The van der Waals surface area contributed by atoms with Crippen LogP contribution in [0.15, 0.2) is 82.7 Å². The molecule has 2 nitrogen and oxygen atoms in total. The van der Waals surface area contributed by atoms with Crippen LogP contribution in [0, 0.1) is 24.7 Å². The van der Waals surface area contributed by atoms with Gasteiger partial charge in [-0.1, -0.05) is 74.2 Å². The fraction of sp³-hybridized carbons (Fsp3) is 0.333. The topological polar surface area (TPSA) is 40.5 Å². The van der Waals surface area contributed by atoms with E-state index in [-0.39, 0.29) is 10.8 Å². The predicted octanol–water partition coefficient (Wildman–Crippen LogP) is 8.00. The van der Waals surface area contributed by atoms with Gasteiger partial charge in [0, 0.05) is 9.79 Å². The maximum Gasteiger partial charge on any atom is 0.121 e. The van der Waals surface area contributed by atoms with E-state index in [0.717, 1.165) is 57.7 Å². The Hall–Kier alpha value is -2.65. The molecule has 4 rings (SSSR count). The summed E-state index contributed by atoms with van der Waals surface area (Å²) in [5, 5.41) is 21.5. The Morgan fingerprint density at radius 3 is 1.48 bits per heavy atom. The SMILES string of the molecule is Cc1cc(Sc2cc(C)c(O)c(CC3(C)C=CC=CC3)c2)cc(CC2(C)C=CC=CC2)c1O. The maximum atomic E-state index is 10.8. The molecule has 0 saturated carbocycles. The highest BCUT2D eigenvalue weighted by Crippen LogP contribution is 2.41. The van der Waals surface area contributed by atoms with Gasteiger partial charge in [-0.15, -0.1) is 0 Å². The summed E-state index contributed by atoms with van der Waals surface area (Å²) in [6, 6.07) is 8.37. The van der Waals surface area contributed by atoms with Crippen molar-refractivity contribution >= 4 is 11.8 Å². The van der Waals surface area contributed by atoms with Crippen LogP contribution in [0.25, 0.3) is 0 Å². The van der Waals surface area contributed by atoms with Crippen molar-refractivity contribution < 1.29 is 10.2 Å². The predicted molar refractivity (Wildman–Crippen MR) is 139 cm³/mol. The van der Waals surface area contributed by atoms with E-state index in [2.05, 4.69) is 86.7 Å². The van der Waals surface area contributed by atoms with Gasteiger partial charge in [-0.05, 0) is 96.9 Å². The highest BCUT2D eigenvalue weighted by Gasteiger charge is 2.25. The van der Waals surface area contributed by atoms with Crippen molar-refractivity contribution in [2.24, 2.45) is 10.8 Å². The van der Waals surface area contributed by atoms with E-state index in [1.807, 2.05) is 13.8 Å². The van der Waals surface area contributed by atoms with Gasteiger partial charge in [-0.3, -0.25) is 0 Å². The lowest BCUT2D eigenvalue weighted by atomic mass is 9.78. The van der Waals surface area contributed by atoms with Crippen LogP contribution in [0.1, 0.15) is 48.9 Å². The Labute approximate surface area is 202 Å². The second-order valence-corrected chi connectivity index (χ2v) is 11.4. The molecule has 172 valence electrons. The molecule has 2 aliphatic carbocycles. The van der Waals surface area contributed by atoms with Crippen LogP contribution in [-0.2, 0) is 12.8 Å². The van der Waals surface area contributed by atoms with Crippen molar-refractivity contribution in [2.45, 2.75) is 63.2 Å². The van der Waals surface area contributed by atoms with Crippen LogP contribution in [0.3, 0.4) is 0 Å². The molecule has 0 fully saturated rings. The minimum Gasteiger partial charge on any atom is -0.507 e. The van der Waals surface area contributed by atoms with Gasteiger partial charge < -0.3 is 10.2 Å². The van der Waals surface area contributed by atoms with Gasteiger partial charge in [-0.2, -0.15) is 0 Å². The minimum absolute atomic E-state index is 0.0155. The van der Waals surface area contributed by atoms with Crippen molar-refractivity contribution in [3.63, 3.8) is 0 Å². The van der Waals surface area contributed by atoms with Crippen LogP contribution >= 0.6 is 11.8 Å². The summed E-state index contributed by atoms with van der Waals surface area (Å²) in [5.41, 5.74) is 3.81. The first kappa shape index (κ1) is 23.5. The molecular weight excluding hydrogens is 424 g/mol. The lowest BCUT2D eigenvalue weighted by Gasteiger charge is -2.28. The summed E-state index contributed by atoms with van der Waals surface area (Å²) >= 11 is 1.70. The van der Waals surface area contributed by atoms with Gasteiger partial charge in [0.25, 0.3) is 0 Å². The highest BCUT2D eigenvalue weighted by molar-refractivity contribution is 7.99. The third kappa shape index (κ3) is 5.47. The van der Waals surface area contributed by atoms with E-state index < -0.39 is 0 Å². The second kappa shape index (κ2) is 9.30. The summed E-state index contributed by atoms with van der Waals surface area (Å²) in [6.45, 7) is 8.43. The number of aryl methyl sites for hydroxylation is 2. The average molecular weight is 459 g/mol. The van der Waals surface area contributed by atoms with Crippen molar-refractivity contribution in [1.82, 2.24) is 0 Å². The van der Waals surface area contributed by atoms with E-state index in [1.54, 1.807) is 11.8 Å². The van der Waals surface area contributed by atoms with Crippen LogP contribution in [0.2, 0.25) is 0 Å². The van der Waals surface area contributed by atoms with E-state index in [4.69, 9.17) is 0 Å². The first-order valence-electron chi connectivity index (χ1n) is 11.7. The number of benzene rings is 2. The van der Waals surface area contributed by atoms with Gasteiger partial charge in [0.15, 0.2) is 0 Å². The molecule has 0 amide bonds. The van der Waals surface area contributed by atoms with Crippen molar-refractivity contribution in [3.05, 3.63) is 95.1 Å². The zero-order valence-electron chi connectivity index (χ0n) is 20.1. The van der Waals surface area contributed by atoms with Gasteiger partial charge in [0.05, 0.1) is 0 Å². The highest BCUT2D eigenvalue weighted by atomic mass is 32.2. The zero-order chi connectivity index (χ0) is 23.6. The zero-order valence-corrected chi connectivity index (χ0v) is 20.9. The molecule has 33 heavy (non-hydrogen) atoms. The molecule has 2 atom stereocenters. The Kier molecular flexibility index (Phi) is 6.63. The maximum absolute atomic E-state index is 10.8. The quantitative estimate of drug-likeness (QED) is 0.461. The molecule has 0 heterocycles. The number of phenols is 2. The fourth-order valence-corrected chi connectivity index (χ4v) is 5.98. The van der Waals surface area contributed by atoms with Crippen LogP contribution in [0.4, 0.5) is 0 Å². The lowest BCUT2D eigenvalue weighted by molar-refractivity contribution is 0.405. The molecule has 2 aromatic carbocycles. The Bertz CT molecular complexity index is 1080. The van der Waals surface area contributed by atoms with E-state index >= 15 is 0 Å². The van der Waals surface area contributed by atoms with Gasteiger partial charge in [0.1, 0.15) is 11.5 Å². The largest absolute Gasteiger partial charge is 0.507 e. The van der Waals surface area contributed by atoms with Gasteiger partial charge in [0.2, 0.25) is 0 Å². The monoisotopic (exact) mass is 458 g/mol. The molecule has 3 heteroatoms. The van der Waals surface area contributed by atoms with Gasteiger partial charge in [-0.25, -0.2) is 0 Å². The third-order valence-corrected chi connectivity index (χ3v) is 7.73. The molecule has 0 saturated heterocycles. The molecule has 2 aromatic rings. The van der Waals surface area contributed by atoms with Crippen molar-refractivity contribution in [3.8, 4) is 11.5 Å². The Morgan fingerprint density at radius 1 is 0.697 bits per heavy atom. The average Bonchev–Trinajstić information content (AvgIpc) is 2.76. The number of rotatable bonds is 6. The molecule has 2 unspecified atom stereocenters.